The fourth-order valence-corrected chi connectivity index (χ4v) is 7.29. The highest BCUT2D eigenvalue weighted by Gasteiger charge is 2.79. The van der Waals surface area contributed by atoms with Crippen molar-refractivity contribution < 1.29 is 29.0 Å². The molecular weight excluding hydrogens is 520 g/mol. The summed E-state index contributed by atoms with van der Waals surface area (Å²) in [6.45, 7) is 13.2. The summed E-state index contributed by atoms with van der Waals surface area (Å²) < 4.78 is 12.4. The molecule has 2 bridgehead atoms. The Morgan fingerprint density at radius 1 is 1.31 bits per heavy atom. The van der Waals surface area contributed by atoms with Gasteiger partial charge in [0.25, 0.3) is 5.91 Å². The zero-order chi connectivity index (χ0) is 28.5. The summed E-state index contributed by atoms with van der Waals surface area (Å²) in [6, 6.07) is 3.72. The number of anilines is 1. The van der Waals surface area contributed by atoms with Gasteiger partial charge in [-0.25, -0.2) is 0 Å². The molecule has 9 heteroatoms. The number of fused-ring (bicyclic) bond motifs is 1. The van der Waals surface area contributed by atoms with Gasteiger partial charge in [0.05, 0.1) is 41.5 Å². The number of esters is 1. The summed E-state index contributed by atoms with van der Waals surface area (Å²) >= 11 is 6.60. The first-order valence-corrected chi connectivity index (χ1v) is 14.1. The van der Waals surface area contributed by atoms with Crippen molar-refractivity contribution in [3.8, 4) is 0 Å². The maximum atomic E-state index is 14.7. The third kappa shape index (κ3) is 4.50. The van der Waals surface area contributed by atoms with Gasteiger partial charge >= 0.3 is 5.97 Å². The van der Waals surface area contributed by atoms with E-state index >= 15 is 0 Å². The Hall–Kier alpha value is -2.68. The van der Waals surface area contributed by atoms with Crippen molar-refractivity contribution in [1.29, 1.82) is 0 Å². The Bertz CT molecular complexity index is 1130. The Labute approximate surface area is 235 Å². The summed E-state index contributed by atoms with van der Waals surface area (Å²) in [5.41, 5.74) is -0.807. The van der Waals surface area contributed by atoms with Crippen LogP contribution in [0.1, 0.15) is 51.5 Å². The molecule has 1 aromatic carbocycles. The number of carbonyl (C=O) groups is 3. The first-order chi connectivity index (χ1) is 18.7. The van der Waals surface area contributed by atoms with E-state index < -0.39 is 41.1 Å². The van der Waals surface area contributed by atoms with E-state index in [9.17, 15) is 19.5 Å². The summed E-state index contributed by atoms with van der Waals surface area (Å²) in [7, 11) is 0. The Morgan fingerprint density at radius 3 is 2.64 bits per heavy atom. The van der Waals surface area contributed by atoms with E-state index in [-0.39, 0.29) is 31.6 Å². The van der Waals surface area contributed by atoms with Crippen LogP contribution in [-0.4, -0.2) is 70.8 Å². The number of hydrogen-bond acceptors (Lipinski definition) is 6. The normalized spacial score (nSPS) is 29.7. The topological polar surface area (TPSA) is 96.4 Å². The second-order valence-corrected chi connectivity index (χ2v) is 11.1. The molecule has 2 unspecified atom stereocenters. The van der Waals surface area contributed by atoms with Crippen molar-refractivity contribution >= 4 is 35.1 Å². The van der Waals surface area contributed by atoms with Gasteiger partial charge in [-0.05, 0) is 50.7 Å². The highest BCUT2D eigenvalue weighted by Crippen LogP contribution is 2.65. The standard InChI is InChI=1S/C30H39ClN2O6/c1-6-10-17-38-28(37)23-22-26(35)33(20(8-3)18-34)25(30(22)15-14-29(23,9-4)39-30)27(36)32(16-7-2)24-19(5)12-11-13-21(24)31/h6-7,11-13,20,22-23,25,34H,1-2,8-10,14-18H2,3-5H3/t20-,22-,23-,25?,29+,30?/m0/s1. The number of halogens is 1. The van der Waals surface area contributed by atoms with Crippen LogP contribution in [-0.2, 0) is 23.9 Å². The average Bonchev–Trinajstić information content (AvgIpc) is 3.52. The van der Waals surface area contributed by atoms with Crippen molar-refractivity contribution in [1.82, 2.24) is 4.90 Å². The van der Waals surface area contributed by atoms with Crippen molar-refractivity contribution in [3.63, 3.8) is 0 Å². The number of aryl methyl sites for hydroxylation is 1. The first-order valence-electron chi connectivity index (χ1n) is 13.8. The molecule has 3 fully saturated rings. The number of benzene rings is 1. The number of hydrogen-bond donors (Lipinski definition) is 1. The Kier molecular flexibility index (Phi) is 8.59. The second kappa shape index (κ2) is 11.4. The molecule has 0 aromatic heterocycles. The van der Waals surface area contributed by atoms with E-state index in [1.54, 1.807) is 23.1 Å². The van der Waals surface area contributed by atoms with Gasteiger partial charge in [-0.2, -0.15) is 0 Å². The minimum atomic E-state index is -1.23. The van der Waals surface area contributed by atoms with Crippen molar-refractivity contribution in [2.75, 3.05) is 24.7 Å². The van der Waals surface area contributed by atoms with Crippen molar-refractivity contribution in [3.05, 3.63) is 54.1 Å². The predicted molar refractivity (Wildman–Crippen MR) is 149 cm³/mol. The summed E-state index contributed by atoms with van der Waals surface area (Å²) in [6.07, 6.45) is 5.65. The van der Waals surface area contributed by atoms with Crippen LogP contribution in [0.2, 0.25) is 5.02 Å². The molecule has 1 aromatic rings. The van der Waals surface area contributed by atoms with Gasteiger partial charge in [-0.1, -0.05) is 49.7 Å². The predicted octanol–water partition coefficient (Wildman–Crippen LogP) is 4.21. The Balaban J connectivity index is 1.86. The molecule has 3 aliphatic heterocycles. The van der Waals surface area contributed by atoms with E-state index in [1.807, 2.05) is 32.9 Å². The summed E-state index contributed by atoms with van der Waals surface area (Å²) in [4.78, 5) is 45.5. The van der Waals surface area contributed by atoms with Gasteiger partial charge in [0.15, 0.2) is 0 Å². The van der Waals surface area contributed by atoms with Gasteiger partial charge < -0.3 is 24.4 Å². The van der Waals surface area contributed by atoms with Crippen LogP contribution in [0.3, 0.4) is 0 Å². The fourth-order valence-electron chi connectivity index (χ4n) is 6.97. The lowest BCUT2D eigenvalue weighted by Crippen LogP contribution is -2.59. The minimum Gasteiger partial charge on any atom is -0.465 e. The molecule has 2 amide bonds. The fraction of sp³-hybridized carbons (Fsp3) is 0.567. The van der Waals surface area contributed by atoms with Crippen molar-refractivity contribution in [2.24, 2.45) is 11.8 Å². The smallest absolute Gasteiger partial charge is 0.312 e. The van der Waals surface area contributed by atoms with Crippen LogP contribution in [0.4, 0.5) is 5.69 Å². The molecule has 3 aliphatic rings. The van der Waals surface area contributed by atoms with Gasteiger partial charge in [0, 0.05) is 6.54 Å². The lowest BCUT2D eigenvalue weighted by molar-refractivity contribution is -0.162. The van der Waals surface area contributed by atoms with E-state index in [0.29, 0.717) is 42.8 Å². The van der Waals surface area contributed by atoms with Gasteiger partial charge in [0.1, 0.15) is 17.6 Å². The third-order valence-corrected chi connectivity index (χ3v) is 9.09. The van der Waals surface area contributed by atoms with E-state index in [4.69, 9.17) is 21.1 Å². The molecule has 6 atom stereocenters. The lowest BCUT2D eigenvalue weighted by atomic mass is 9.65. The monoisotopic (exact) mass is 558 g/mol. The summed E-state index contributed by atoms with van der Waals surface area (Å²) in [5.74, 6) is -2.96. The molecule has 39 heavy (non-hydrogen) atoms. The SMILES string of the molecule is C=CCCOC(=O)[C@@H]1[C@H]2C(=O)N([C@@H](CC)CO)C(C(=O)N(CC=C)c3c(C)cccc3Cl)C23CC[C@@]1(CC)O3. The number of nitrogens with zero attached hydrogens (tertiary/aromatic N) is 2. The van der Waals surface area contributed by atoms with Gasteiger partial charge in [-0.15, -0.1) is 13.2 Å². The van der Waals surface area contributed by atoms with Gasteiger partial charge in [0.2, 0.25) is 5.91 Å². The van der Waals surface area contributed by atoms with E-state index in [0.717, 1.165) is 5.56 Å². The van der Waals surface area contributed by atoms with Gasteiger partial charge in [-0.3, -0.25) is 14.4 Å². The lowest BCUT2D eigenvalue weighted by Gasteiger charge is -2.39. The number of para-hydroxylation sites is 1. The van der Waals surface area contributed by atoms with Crippen LogP contribution >= 0.6 is 11.6 Å². The molecule has 3 heterocycles. The maximum absolute atomic E-state index is 14.7. The van der Waals surface area contributed by atoms with Crippen LogP contribution in [0, 0.1) is 18.8 Å². The number of likely N-dealkylation sites (tertiary alicyclic amines) is 1. The molecule has 0 radical (unpaired) electrons. The average molecular weight is 559 g/mol. The highest BCUT2D eigenvalue weighted by atomic mass is 35.5. The Morgan fingerprint density at radius 2 is 2.05 bits per heavy atom. The summed E-state index contributed by atoms with van der Waals surface area (Å²) in [5, 5.41) is 10.7. The molecular formula is C30H39ClN2O6. The van der Waals surface area contributed by atoms with Crippen molar-refractivity contribution in [2.45, 2.75) is 76.2 Å². The molecule has 3 saturated heterocycles. The minimum absolute atomic E-state index is 0.157. The zero-order valence-electron chi connectivity index (χ0n) is 23.0. The van der Waals surface area contributed by atoms with E-state index in [1.165, 1.54) is 4.90 Å². The van der Waals surface area contributed by atoms with E-state index in [2.05, 4.69) is 13.2 Å². The molecule has 0 saturated carbocycles. The zero-order valence-corrected chi connectivity index (χ0v) is 23.8. The number of rotatable bonds is 12. The quantitative estimate of drug-likeness (QED) is 0.234. The maximum Gasteiger partial charge on any atom is 0.312 e. The number of aliphatic hydroxyl groups excluding tert-OH is 1. The number of aliphatic hydroxyl groups is 1. The molecule has 1 N–H and O–H groups in total. The molecule has 8 nitrogen and oxygen atoms in total. The third-order valence-electron chi connectivity index (χ3n) is 8.78. The number of ether oxygens (including phenoxy) is 2. The molecule has 4 rings (SSSR count). The highest BCUT2D eigenvalue weighted by molar-refractivity contribution is 6.34. The second-order valence-electron chi connectivity index (χ2n) is 10.7. The van der Waals surface area contributed by atoms with Crippen LogP contribution in [0.25, 0.3) is 0 Å². The van der Waals surface area contributed by atoms with Crippen LogP contribution in [0.15, 0.2) is 43.5 Å². The number of carbonyl (C=O) groups excluding carboxylic acids is 3. The van der Waals surface area contributed by atoms with Crippen LogP contribution < -0.4 is 4.90 Å². The molecule has 212 valence electrons. The molecule has 1 spiro atoms. The first kappa shape index (κ1) is 29.3. The van der Waals surface area contributed by atoms with Crippen LogP contribution in [0.5, 0.6) is 0 Å². The molecule has 0 aliphatic carbocycles. The largest absolute Gasteiger partial charge is 0.465 e. The number of amides is 2.